The monoisotopic (exact) mass is 343 g/mol. The summed E-state index contributed by atoms with van der Waals surface area (Å²) in [4.78, 5) is 26.3. The number of amides is 1. The first-order valence-electron chi connectivity index (χ1n) is 7.89. The zero-order valence-corrected chi connectivity index (χ0v) is 13.8. The molecule has 0 fully saturated rings. The average molecular weight is 343 g/mol. The number of ether oxygens (including phenoxy) is 1. The lowest BCUT2D eigenvalue weighted by Crippen LogP contribution is -2.55. The van der Waals surface area contributed by atoms with Crippen molar-refractivity contribution in [3.05, 3.63) is 56.8 Å². The van der Waals surface area contributed by atoms with Gasteiger partial charge in [0.1, 0.15) is 5.54 Å². The van der Waals surface area contributed by atoms with Gasteiger partial charge in [0, 0.05) is 24.1 Å². The average Bonchev–Trinajstić information content (AvgIpc) is 3.16. The normalized spacial score (nSPS) is 17.8. The number of carbonyl (C=O) groups is 2. The molecule has 1 aliphatic carbocycles. The van der Waals surface area contributed by atoms with E-state index in [1.807, 2.05) is 30.3 Å². The highest BCUT2D eigenvalue weighted by Gasteiger charge is 2.45. The van der Waals surface area contributed by atoms with Crippen molar-refractivity contribution < 1.29 is 19.4 Å². The first-order chi connectivity index (χ1) is 11.6. The molecule has 6 heteroatoms. The maximum Gasteiger partial charge on any atom is 0.330 e. The predicted molar refractivity (Wildman–Crippen MR) is 89.4 cm³/mol. The Kier molecular flexibility index (Phi) is 3.66. The van der Waals surface area contributed by atoms with Crippen LogP contribution < -0.4 is 5.32 Å². The van der Waals surface area contributed by atoms with Gasteiger partial charge >= 0.3 is 5.97 Å². The molecule has 1 amide bonds. The highest BCUT2D eigenvalue weighted by atomic mass is 32.1. The topological polar surface area (TPSA) is 75.6 Å². The standard InChI is InChI=1S/C18H17NO4S/c20-16(15-7-13-10-23-6-5-14(13)24-15)19-18(17(21)22)8-11-3-1-2-4-12(11)9-18/h1-4,7H,5-6,8-10H2,(H,19,20)(H,21,22). The second-order valence-corrected chi connectivity index (χ2v) is 7.46. The third-order valence-electron chi connectivity index (χ3n) is 4.72. The van der Waals surface area contributed by atoms with Crippen molar-refractivity contribution in [3.8, 4) is 0 Å². The first kappa shape index (κ1) is 15.4. The van der Waals surface area contributed by atoms with E-state index in [0.717, 1.165) is 28.0 Å². The maximum atomic E-state index is 12.7. The Hall–Kier alpha value is -2.18. The molecule has 1 aromatic carbocycles. The molecule has 0 saturated heterocycles. The molecule has 1 aliphatic heterocycles. The molecule has 2 aliphatic rings. The van der Waals surface area contributed by atoms with Crippen LogP contribution in [0.15, 0.2) is 30.3 Å². The second kappa shape index (κ2) is 5.72. The minimum Gasteiger partial charge on any atom is -0.479 e. The van der Waals surface area contributed by atoms with Crippen LogP contribution in [0.1, 0.15) is 31.2 Å². The third-order valence-corrected chi connectivity index (χ3v) is 5.95. The molecule has 2 heterocycles. The first-order valence-corrected chi connectivity index (χ1v) is 8.71. The van der Waals surface area contributed by atoms with E-state index >= 15 is 0 Å². The number of aliphatic carboxylic acids is 1. The molecule has 4 rings (SSSR count). The molecule has 1 aromatic heterocycles. The Morgan fingerprint density at radius 1 is 1.17 bits per heavy atom. The van der Waals surface area contributed by atoms with Crippen molar-refractivity contribution in [2.45, 2.75) is 31.4 Å². The Bertz CT molecular complexity index is 778. The number of carbonyl (C=O) groups excluding carboxylic acids is 1. The highest BCUT2D eigenvalue weighted by Crippen LogP contribution is 2.32. The van der Waals surface area contributed by atoms with E-state index in [9.17, 15) is 14.7 Å². The summed E-state index contributed by atoms with van der Waals surface area (Å²) >= 11 is 1.44. The zero-order chi connectivity index (χ0) is 16.7. The number of carboxylic acids is 1. The van der Waals surface area contributed by atoms with Crippen LogP contribution in [0.25, 0.3) is 0 Å². The van der Waals surface area contributed by atoms with E-state index in [0.29, 0.717) is 30.9 Å². The quantitative estimate of drug-likeness (QED) is 0.896. The van der Waals surface area contributed by atoms with E-state index < -0.39 is 11.5 Å². The van der Waals surface area contributed by atoms with Gasteiger partial charge < -0.3 is 15.2 Å². The smallest absolute Gasteiger partial charge is 0.330 e. The fourth-order valence-electron chi connectivity index (χ4n) is 3.45. The van der Waals surface area contributed by atoms with Crippen LogP contribution in [-0.2, 0) is 35.4 Å². The predicted octanol–water partition coefficient (Wildman–Crippen LogP) is 2.17. The molecule has 0 spiro atoms. The van der Waals surface area contributed by atoms with Crippen molar-refractivity contribution in [3.63, 3.8) is 0 Å². The SMILES string of the molecule is O=C(NC1(C(=O)O)Cc2ccccc2C1)c1cc2c(s1)CCOC2. The van der Waals surface area contributed by atoms with Gasteiger partial charge in [0.25, 0.3) is 5.91 Å². The van der Waals surface area contributed by atoms with Crippen molar-refractivity contribution in [1.82, 2.24) is 5.32 Å². The maximum absolute atomic E-state index is 12.7. The van der Waals surface area contributed by atoms with E-state index in [-0.39, 0.29) is 5.91 Å². The Balaban J connectivity index is 1.59. The summed E-state index contributed by atoms with van der Waals surface area (Å²) in [7, 11) is 0. The molecule has 124 valence electrons. The van der Waals surface area contributed by atoms with Crippen LogP contribution >= 0.6 is 11.3 Å². The van der Waals surface area contributed by atoms with Crippen LogP contribution in [0.3, 0.4) is 0 Å². The number of benzene rings is 1. The molecule has 0 saturated carbocycles. The van der Waals surface area contributed by atoms with Gasteiger partial charge in [-0.15, -0.1) is 11.3 Å². The van der Waals surface area contributed by atoms with Gasteiger partial charge in [-0.3, -0.25) is 4.79 Å². The molecule has 0 unspecified atom stereocenters. The Labute approximate surface area is 143 Å². The van der Waals surface area contributed by atoms with Crippen LogP contribution in [-0.4, -0.2) is 29.1 Å². The fourth-order valence-corrected chi connectivity index (χ4v) is 4.49. The molecule has 0 bridgehead atoms. The molecule has 2 N–H and O–H groups in total. The van der Waals surface area contributed by atoms with Gasteiger partial charge in [0.2, 0.25) is 0 Å². The summed E-state index contributed by atoms with van der Waals surface area (Å²) in [6.07, 6.45) is 1.44. The molecule has 0 atom stereocenters. The van der Waals surface area contributed by atoms with Crippen molar-refractivity contribution >= 4 is 23.2 Å². The third kappa shape index (κ3) is 2.52. The summed E-state index contributed by atoms with van der Waals surface area (Å²) in [5.41, 5.74) is 1.75. The van der Waals surface area contributed by atoms with Crippen molar-refractivity contribution in [2.75, 3.05) is 6.61 Å². The number of fused-ring (bicyclic) bond motifs is 2. The number of hydrogen-bond acceptors (Lipinski definition) is 4. The van der Waals surface area contributed by atoms with E-state index in [4.69, 9.17) is 4.74 Å². The second-order valence-electron chi connectivity index (χ2n) is 6.33. The van der Waals surface area contributed by atoms with E-state index in [1.54, 1.807) is 0 Å². The Morgan fingerprint density at radius 3 is 2.50 bits per heavy atom. The number of nitrogens with one attached hydrogen (secondary N) is 1. The van der Waals surface area contributed by atoms with E-state index in [2.05, 4.69) is 5.32 Å². The lowest BCUT2D eigenvalue weighted by Gasteiger charge is -2.25. The van der Waals surface area contributed by atoms with Crippen molar-refractivity contribution in [2.24, 2.45) is 0 Å². The molecular weight excluding hydrogens is 326 g/mol. The zero-order valence-electron chi connectivity index (χ0n) is 13.0. The molecular formula is C18H17NO4S. The minimum absolute atomic E-state index is 0.315. The molecule has 0 radical (unpaired) electrons. The lowest BCUT2D eigenvalue weighted by atomic mass is 9.95. The molecule has 24 heavy (non-hydrogen) atoms. The lowest BCUT2D eigenvalue weighted by molar-refractivity contribution is -0.144. The molecule has 2 aromatic rings. The van der Waals surface area contributed by atoms with Gasteiger partial charge in [0.15, 0.2) is 0 Å². The van der Waals surface area contributed by atoms with Crippen LogP contribution in [0.4, 0.5) is 0 Å². The summed E-state index contributed by atoms with van der Waals surface area (Å²) in [5.74, 6) is -1.30. The van der Waals surface area contributed by atoms with E-state index in [1.165, 1.54) is 11.3 Å². The van der Waals surface area contributed by atoms with Gasteiger partial charge in [-0.2, -0.15) is 0 Å². The van der Waals surface area contributed by atoms with Gasteiger partial charge in [0.05, 0.1) is 18.1 Å². The fraction of sp³-hybridized carbons (Fsp3) is 0.333. The number of carboxylic acid groups (broad SMARTS) is 1. The summed E-state index contributed by atoms with van der Waals surface area (Å²) in [5, 5.41) is 12.6. The molecule has 5 nitrogen and oxygen atoms in total. The number of hydrogen-bond donors (Lipinski definition) is 2. The van der Waals surface area contributed by atoms with Crippen molar-refractivity contribution in [1.29, 1.82) is 0 Å². The Morgan fingerprint density at radius 2 is 1.88 bits per heavy atom. The summed E-state index contributed by atoms with van der Waals surface area (Å²) in [6, 6.07) is 9.46. The highest BCUT2D eigenvalue weighted by molar-refractivity contribution is 7.14. The van der Waals surface area contributed by atoms with Gasteiger partial charge in [-0.1, -0.05) is 24.3 Å². The summed E-state index contributed by atoms with van der Waals surface area (Å²) in [6.45, 7) is 1.19. The number of thiophene rings is 1. The van der Waals surface area contributed by atoms with Crippen LogP contribution in [0.5, 0.6) is 0 Å². The summed E-state index contributed by atoms with van der Waals surface area (Å²) < 4.78 is 5.40. The largest absolute Gasteiger partial charge is 0.479 e. The van der Waals surface area contributed by atoms with Crippen LogP contribution in [0.2, 0.25) is 0 Å². The minimum atomic E-state index is -1.26. The van der Waals surface area contributed by atoms with Gasteiger partial charge in [-0.25, -0.2) is 4.79 Å². The van der Waals surface area contributed by atoms with Gasteiger partial charge in [-0.05, 0) is 22.8 Å². The van der Waals surface area contributed by atoms with Crippen LogP contribution in [0, 0.1) is 0 Å². The number of rotatable bonds is 3.